The molecular weight excluding hydrogens is 1050 g/mol. The van der Waals surface area contributed by atoms with E-state index in [2.05, 4.69) is 246 Å². The maximum Gasteiger partial charge on any atom is 0.148 e. The van der Waals surface area contributed by atoms with Crippen LogP contribution < -0.4 is 0 Å². The van der Waals surface area contributed by atoms with Crippen LogP contribution in [-0.4, -0.2) is 19.6 Å². The summed E-state index contributed by atoms with van der Waals surface area (Å²) in [4.78, 5) is 10.7. The Morgan fingerprint density at radius 2 is 1.32 bits per heavy atom. The Bertz CT molecular complexity index is 3290. The van der Waals surface area contributed by atoms with Crippen LogP contribution in [0.3, 0.4) is 0 Å². The van der Waals surface area contributed by atoms with Gasteiger partial charge in [0.1, 0.15) is 11.6 Å². The molecule has 0 saturated heterocycles. The zero-order valence-electron chi connectivity index (χ0n) is 44.0. The number of hydrogen-bond donors (Lipinski definition) is 1. The summed E-state index contributed by atoms with van der Waals surface area (Å²) in [6.07, 6.45) is 11.8. The van der Waals surface area contributed by atoms with E-state index in [1.54, 1.807) is 0 Å². The van der Waals surface area contributed by atoms with Crippen molar-refractivity contribution in [1.82, 2.24) is 14.5 Å². The molecule has 71 heavy (non-hydrogen) atoms. The zero-order valence-corrected chi connectivity index (χ0v) is 46.3. The minimum atomic E-state index is -0.174. The summed E-state index contributed by atoms with van der Waals surface area (Å²) in [5.41, 5.74) is 18.7. The molecule has 1 N–H and O–H groups in total. The number of benzene rings is 6. The van der Waals surface area contributed by atoms with E-state index in [1.165, 1.54) is 22.3 Å². The molecule has 366 valence electrons. The average Bonchev–Trinajstić information content (AvgIpc) is 3.72. The van der Waals surface area contributed by atoms with Crippen molar-refractivity contribution >= 4 is 11.0 Å². The second-order valence-electron chi connectivity index (χ2n) is 23.2. The Kier molecular flexibility index (Phi) is 14.3. The predicted octanol–water partition coefficient (Wildman–Crippen LogP) is 18.0. The van der Waals surface area contributed by atoms with Gasteiger partial charge in [0.25, 0.3) is 0 Å². The van der Waals surface area contributed by atoms with Crippen LogP contribution in [0.2, 0.25) is 0 Å². The van der Waals surface area contributed by atoms with Gasteiger partial charge in [0.05, 0.1) is 22.3 Å². The molecule has 5 heteroatoms. The Morgan fingerprint density at radius 3 is 1.96 bits per heavy atom. The van der Waals surface area contributed by atoms with Gasteiger partial charge in [-0.3, -0.25) is 9.55 Å². The molecule has 0 saturated carbocycles. The number of fused-ring (bicyclic) bond motifs is 1. The van der Waals surface area contributed by atoms with Gasteiger partial charge in [-0.2, -0.15) is 0 Å². The second-order valence-corrected chi connectivity index (χ2v) is 23.2. The number of nitrogens with zero attached hydrogens (tertiary/aromatic N) is 3. The van der Waals surface area contributed by atoms with Crippen LogP contribution in [0.15, 0.2) is 152 Å². The molecule has 9 rings (SSSR count). The van der Waals surface area contributed by atoms with Gasteiger partial charge < -0.3 is 5.11 Å². The molecule has 0 bridgehead atoms. The van der Waals surface area contributed by atoms with Crippen LogP contribution in [0.25, 0.3) is 72.7 Å². The first-order chi connectivity index (χ1) is 33.2. The normalized spacial score (nSPS) is 14.2. The maximum absolute atomic E-state index is 12.6. The molecule has 0 fully saturated rings. The Morgan fingerprint density at radius 1 is 0.620 bits per heavy atom. The van der Waals surface area contributed by atoms with E-state index in [0.717, 1.165) is 84.5 Å². The quantitative estimate of drug-likeness (QED) is 0.147. The molecule has 8 aromatic rings. The number of hydrogen-bond acceptors (Lipinski definition) is 3. The van der Waals surface area contributed by atoms with Gasteiger partial charge in [-0.15, -0.1) is 29.3 Å². The van der Waals surface area contributed by atoms with Gasteiger partial charge in [0, 0.05) is 44.4 Å². The summed E-state index contributed by atoms with van der Waals surface area (Å²) in [6.45, 7) is 29.3. The Hall–Kier alpha value is -6.09. The van der Waals surface area contributed by atoms with Gasteiger partial charge in [-0.05, 0) is 109 Å². The first kappa shape index (κ1) is 51.3. The summed E-state index contributed by atoms with van der Waals surface area (Å²) >= 11 is 0. The number of rotatable bonds is 9. The fourth-order valence-corrected chi connectivity index (χ4v) is 9.98. The monoisotopic (exact) mass is 1120 g/mol. The largest absolute Gasteiger partial charge is 0.507 e. The molecule has 0 spiro atoms. The number of para-hydroxylation sites is 1. The third-order valence-electron chi connectivity index (χ3n) is 14.2. The number of imidazole rings is 1. The molecular formula is C66H70N3OPt-. The fourth-order valence-electron chi connectivity index (χ4n) is 9.98. The molecule has 2 aromatic heterocycles. The van der Waals surface area contributed by atoms with Crippen LogP contribution in [0.5, 0.6) is 5.75 Å². The standard InChI is InChI=1S/C66H70N3O.Pt/c1-41(2)47-36-53(42(3)4)62(70)56(37-47)63-68-61-52(48-33-49(35-51(34-48)65(8,9)10)58-38-46(31-32-67-58)43-27-29-50(30-28-43)64(5,6)7)25-20-26-59(61)69(63)60-40-54(44-21-16-14-17-22-44)57(66(11,12)13)39-55(60)45-23-18-15-19-24-45;/h14-21,23-32,34-42,44,70H,22H2,1-13H3;/q-1;. The van der Waals surface area contributed by atoms with E-state index in [-0.39, 0.29) is 60.8 Å². The van der Waals surface area contributed by atoms with E-state index in [9.17, 15) is 5.11 Å². The van der Waals surface area contributed by atoms with E-state index in [4.69, 9.17) is 9.97 Å². The van der Waals surface area contributed by atoms with Crippen LogP contribution in [0.1, 0.15) is 148 Å². The number of pyridine rings is 1. The number of aromatic hydroxyl groups is 1. The van der Waals surface area contributed by atoms with Crippen molar-refractivity contribution in [2.45, 2.75) is 130 Å². The van der Waals surface area contributed by atoms with E-state index < -0.39 is 0 Å². The molecule has 1 unspecified atom stereocenters. The summed E-state index contributed by atoms with van der Waals surface area (Å²) in [5.74, 6) is 1.50. The number of aromatic nitrogens is 3. The molecule has 4 nitrogen and oxygen atoms in total. The first-order valence-corrected chi connectivity index (χ1v) is 25.3. The van der Waals surface area contributed by atoms with Crippen molar-refractivity contribution < 1.29 is 26.2 Å². The minimum Gasteiger partial charge on any atom is -0.507 e. The van der Waals surface area contributed by atoms with Crippen molar-refractivity contribution in [3.63, 3.8) is 0 Å². The third kappa shape index (κ3) is 10.3. The van der Waals surface area contributed by atoms with Gasteiger partial charge in [0.2, 0.25) is 0 Å². The van der Waals surface area contributed by atoms with Gasteiger partial charge in [-0.1, -0.05) is 204 Å². The molecule has 1 aliphatic carbocycles. The first-order valence-electron chi connectivity index (χ1n) is 25.3. The van der Waals surface area contributed by atoms with Crippen molar-refractivity contribution in [3.8, 4) is 67.5 Å². The summed E-state index contributed by atoms with van der Waals surface area (Å²) in [6, 6.07) is 48.2. The Balaban J connectivity index is 0.00000676. The average molecular weight is 1120 g/mol. The summed E-state index contributed by atoms with van der Waals surface area (Å²) < 4.78 is 2.34. The van der Waals surface area contributed by atoms with Crippen LogP contribution >= 0.6 is 0 Å². The fraction of sp³-hybridized carbons (Fsp3) is 0.303. The molecule has 1 atom stereocenters. The van der Waals surface area contributed by atoms with Gasteiger partial charge >= 0.3 is 0 Å². The predicted molar refractivity (Wildman–Crippen MR) is 296 cm³/mol. The van der Waals surface area contributed by atoms with Crippen LogP contribution in [0.4, 0.5) is 0 Å². The number of phenolic OH excluding ortho intramolecular Hbond substituents is 1. The molecule has 6 aromatic carbocycles. The Labute approximate surface area is 438 Å². The molecule has 0 amide bonds. The smallest absolute Gasteiger partial charge is 0.148 e. The second kappa shape index (κ2) is 19.8. The van der Waals surface area contributed by atoms with E-state index in [1.807, 2.05) is 6.20 Å². The maximum atomic E-state index is 12.6. The number of phenols is 1. The molecule has 0 aliphatic heterocycles. The summed E-state index contributed by atoms with van der Waals surface area (Å²) in [5, 5.41) is 12.6. The third-order valence-corrected chi connectivity index (χ3v) is 14.2. The van der Waals surface area contributed by atoms with Crippen molar-refractivity contribution in [2.75, 3.05) is 0 Å². The van der Waals surface area contributed by atoms with Gasteiger partial charge in [0.15, 0.2) is 0 Å². The van der Waals surface area contributed by atoms with E-state index >= 15 is 0 Å². The molecule has 0 radical (unpaired) electrons. The summed E-state index contributed by atoms with van der Waals surface area (Å²) in [7, 11) is 0. The van der Waals surface area contributed by atoms with Crippen molar-refractivity contribution in [3.05, 3.63) is 191 Å². The van der Waals surface area contributed by atoms with Crippen molar-refractivity contribution in [1.29, 1.82) is 0 Å². The van der Waals surface area contributed by atoms with Gasteiger partial charge in [-0.25, -0.2) is 4.98 Å². The zero-order chi connectivity index (χ0) is 49.9. The number of allylic oxidation sites excluding steroid dienone is 4. The molecule has 2 heterocycles. The molecule has 1 aliphatic rings. The van der Waals surface area contributed by atoms with Crippen molar-refractivity contribution in [2.24, 2.45) is 0 Å². The topological polar surface area (TPSA) is 50.9 Å². The van der Waals surface area contributed by atoms with Crippen LogP contribution in [0, 0.1) is 6.07 Å². The van der Waals surface area contributed by atoms with Crippen LogP contribution in [-0.2, 0) is 37.3 Å². The minimum absolute atomic E-state index is 0. The SMILES string of the molecule is CC(C)c1cc(-c2nc3c(-c4[c-]c(-c5cc(-c6ccc(C(C)(C)C)cc6)ccn5)cc(C(C)(C)C)c4)cccc3n2-c2cc(C3C=CC=CC3)c(C(C)(C)C)cc2-c2ccccc2)c(O)c(C(C)C)c1.[Pt]. The van der Waals surface area contributed by atoms with E-state index in [0.29, 0.717) is 5.82 Å².